The van der Waals surface area contributed by atoms with E-state index in [4.69, 9.17) is 4.42 Å². The van der Waals surface area contributed by atoms with Gasteiger partial charge in [0.05, 0.1) is 0 Å². The first kappa shape index (κ1) is 27.2. The number of hydrogen-bond donors (Lipinski definition) is 0. The van der Waals surface area contributed by atoms with E-state index in [0.717, 1.165) is 27.5 Å². The van der Waals surface area contributed by atoms with Gasteiger partial charge >= 0.3 is 0 Å². The zero-order valence-electron chi connectivity index (χ0n) is 26.0. The van der Waals surface area contributed by atoms with Crippen LogP contribution in [0.15, 0.2) is 174 Å². The van der Waals surface area contributed by atoms with E-state index in [1.165, 1.54) is 70.6 Å². The van der Waals surface area contributed by atoms with Crippen LogP contribution in [0, 0.1) is 0 Å². The molecule has 2 heteroatoms. The molecular formula is C46H28OS. The lowest BCUT2D eigenvalue weighted by molar-refractivity contribution is 0.669. The molecular weight excluding hydrogens is 601 g/mol. The van der Waals surface area contributed by atoms with Gasteiger partial charge in [-0.15, -0.1) is 11.3 Å². The molecule has 0 N–H and O–H groups in total. The highest BCUT2D eigenvalue weighted by molar-refractivity contribution is 7.17. The van der Waals surface area contributed by atoms with Gasteiger partial charge in [0.2, 0.25) is 0 Å². The van der Waals surface area contributed by atoms with E-state index in [0.29, 0.717) is 0 Å². The van der Waals surface area contributed by atoms with Gasteiger partial charge in [0.15, 0.2) is 0 Å². The molecule has 0 amide bonds. The Hall–Kier alpha value is -5.96. The molecule has 0 aliphatic carbocycles. The van der Waals surface area contributed by atoms with Crippen LogP contribution in [-0.4, -0.2) is 0 Å². The Morgan fingerprint density at radius 2 is 0.979 bits per heavy atom. The van der Waals surface area contributed by atoms with E-state index in [-0.39, 0.29) is 0 Å². The third-order valence-electron chi connectivity index (χ3n) is 9.76. The zero-order valence-corrected chi connectivity index (χ0v) is 26.8. The Kier molecular flexibility index (Phi) is 6.12. The molecule has 10 rings (SSSR count). The van der Waals surface area contributed by atoms with Crippen LogP contribution in [0.25, 0.3) is 98.1 Å². The Balaban J connectivity index is 1.32. The maximum Gasteiger partial charge on any atom is 0.136 e. The van der Waals surface area contributed by atoms with Crippen molar-refractivity contribution in [1.82, 2.24) is 0 Å². The van der Waals surface area contributed by atoms with Crippen molar-refractivity contribution >= 4 is 64.9 Å². The van der Waals surface area contributed by atoms with Crippen molar-refractivity contribution in [2.75, 3.05) is 0 Å². The number of rotatable bonds is 4. The van der Waals surface area contributed by atoms with E-state index < -0.39 is 0 Å². The number of benzene rings is 8. The molecule has 0 bridgehead atoms. The van der Waals surface area contributed by atoms with Crippen LogP contribution in [-0.2, 0) is 0 Å². The highest BCUT2D eigenvalue weighted by atomic mass is 32.1. The summed E-state index contributed by atoms with van der Waals surface area (Å²) in [6.07, 6.45) is 0. The molecule has 48 heavy (non-hydrogen) atoms. The van der Waals surface area contributed by atoms with Crippen molar-refractivity contribution in [2.45, 2.75) is 0 Å². The van der Waals surface area contributed by atoms with Crippen molar-refractivity contribution in [3.05, 3.63) is 169 Å². The lowest BCUT2D eigenvalue weighted by Crippen LogP contribution is -1.92. The predicted octanol–water partition coefficient (Wildman–Crippen LogP) is 13.8. The normalized spacial score (nSPS) is 11.8. The second kappa shape index (κ2) is 10.8. The van der Waals surface area contributed by atoms with E-state index >= 15 is 0 Å². The van der Waals surface area contributed by atoms with Crippen molar-refractivity contribution in [3.63, 3.8) is 0 Å². The minimum absolute atomic E-state index is 0.909. The van der Waals surface area contributed by atoms with Gasteiger partial charge in [-0.25, -0.2) is 0 Å². The van der Waals surface area contributed by atoms with E-state index in [2.05, 4.69) is 163 Å². The molecule has 0 aliphatic heterocycles. The van der Waals surface area contributed by atoms with Gasteiger partial charge in [0.25, 0.3) is 0 Å². The summed E-state index contributed by atoms with van der Waals surface area (Å²) in [5, 5.41) is 10.7. The van der Waals surface area contributed by atoms with Crippen molar-refractivity contribution in [2.24, 2.45) is 0 Å². The largest absolute Gasteiger partial charge is 0.456 e. The summed E-state index contributed by atoms with van der Waals surface area (Å²) < 4.78 is 7.72. The first-order valence-electron chi connectivity index (χ1n) is 16.3. The second-order valence-corrected chi connectivity index (χ2v) is 13.3. The van der Waals surface area contributed by atoms with Gasteiger partial charge in [-0.3, -0.25) is 0 Å². The monoisotopic (exact) mass is 628 g/mol. The molecule has 0 atom stereocenters. The van der Waals surface area contributed by atoms with Gasteiger partial charge in [-0.05, 0) is 102 Å². The minimum atomic E-state index is 0.909. The molecule has 0 radical (unpaired) electrons. The molecule has 10 aromatic rings. The van der Waals surface area contributed by atoms with Crippen LogP contribution < -0.4 is 0 Å². The van der Waals surface area contributed by atoms with Crippen molar-refractivity contribution < 1.29 is 4.42 Å². The highest BCUT2D eigenvalue weighted by Gasteiger charge is 2.20. The summed E-state index contributed by atoms with van der Waals surface area (Å²) in [4.78, 5) is 0. The molecule has 0 fully saturated rings. The minimum Gasteiger partial charge on any atom is -0.456 e. The van der Waals surface area contributed by atoms with Gasteiger partial charge < -0.3 is 4.42 Å². The van der Waals surface area contributed by atoms with Crippen molar-refractivity contribution in [1.29, 1.82) is 0 Å². The van der Waals surface area contributed by atoms with Crippen LogP contribution in [0.3, 0.4) is 0 Å². The topological polar surface area (TPSA) is 13.1 Å². The molecule has 224 valence electrons. The van der Waals surface area contributed by atoms with Crippen LogP contribution in [0.4, 0.5) is 0 Å². The number of thiophene rings is 1. The molecule has 2 aromatic heterocycles. The highest BCUT2D eigenvalue weighted by Crippen LogP contribution is 2.48. The number of para-hydroxylation sites is 1. The smallest absolute Gasteiger partial charge is 0.136 e. The van der Waals surface area contributed by atoms with Crippen LogP contribution >= 0.6 is 11.3 Å². The molecule has 0 unspecified atom stereocenters. The van der Waals surface area contributed by atoms with Crippen LogP contribution in [0.5, 0.6) is 0 Å². The fourth-order valence-corrected chi connectivity index (χ4v) is 8.54. The number of furan rings is 1. The molecule has 0 saturated heterocycles. The quantitative estimate of drug-likeness (QED) is 0.177. The third-order valence-corrected chi connectivity index (χ3v) is 10.7. The fourth-order valence-electron chi connectivity index (χ4n) is 7.62. The lowest BCUT2D eigenvalue weighted by Gasteiger charge is -2.19. The predicted molar refractivity (Wildman–Crippen MR) is 206 cm³/mol. The van der Waals surface area contributed by atoms with Gasteiger partial charge in [0.1, 0.15) is 11.2 Å². The lowest BCUT2D eigenvalue weighted by atomic mass is 9.84. The molecule has 0 aliphatic rings. The molecule has 1 nitrogen and oxygen atoms in total. The first-order valence-corrected chi connectivity index (χ1v) is 17.2. The summed E-state index contributed by atoms with van der Waals surface area (Å²) >= 11 is 1.82. The summed E-state index contributed by atoms with van der Waals surface area (Å²) in [5.74, 6) is 0. The van der Waals surface area contributed by atoms with E-state index in [9.17, 15) is 0 Å². The molecule has 0 spiro atoms. The van der Waals surface area contributed by atoms with Gasteiger partial charge in [-0.1, -0.05) is 133 Å². The summed E-state index contributed by atoms with van der Waals surface area (Å²) in [7, 11) is 0. The van der Waals surface area contributed by atoms with Crippen LogP contribution in [0.1, 0.15) is 0 Å². The number of hydrogen-bond acceptors (Lipinski definition) is 2. The Morgan fingerprint density at radius 1 is 0.354 bits per heavy atom. The average molecular weight is 629 g/mol. The zero-order chi connectivity index (χ0) is 31.6. The standard InChI is InChI=1S/C46H28OS/c1-2-11-29(12-3-1)33-14-4-5-15-34(33)31-21-24-39-41(27-31)45(40-19-10-13-30-25-26-48-46(30)40)38-18-7-6-17-37(38)44(39)32-22-23-36-35-16-8-9-20-42(35)47-43(36)28-32/h1-28H. The summed E-state index contributed by atoms with van der Waals surface area (Å²) in [6.45, 7) is 0. The Labute approximate surface area is 282 Å². The van der Waals surface area contributed by atoms with Crippen LogP contribution in [0.2, 0.25) is 0 Å². The maximum absolute atomic E-state index is 6.40. The van der Waals surface area contributed by atoms with Gasteiger partial charge in [0, 0.05) is 21.0 Å². The molecule has 8 aromatic carbocycles. The second-order valence-electron chi connectivity index (χ2n) is 12.4. The molecule has 2 heterocycles. The average Bonchev–Trinajstić information content (AvgIpc) is 3.79. The van der Waals surface area contributed by atoms with E-state index in [1.807, 2.05) is 17.4 Å². The SMILES string of the molecule is c1ccc(-c2ccccc2-c2ccc3c(-c4ccc5c(c4)oc4ccccc45)c4ccccc4c(-c4cccc5ccsc45)c3c2)cc1. The van der Waals surface area contributed by atoms with Gasteiger partial charge in [-0.2, -0.15) is 0 Å². The molecule has 0 saturated carbocycles. The summed E-state index contributed by atoms with van der Waals surface area (Å²) in [6, 6.07) is 59.4. The third kappa shape index (κ3) is 4.17. The Morgan fingerprint density at radius 3 is 1.83 bits per heavy atom. The Bertz CT molecular complexity index is 2840. The summed E-state index contributed by atoms with van der Waals surface area (Å²) in [5.41, 5.74) is 11.6. The maximum atomic E-state index is 6.40. The van der Waals surface area contributed by atoms with Crippen molar-refractivity contribution in [3.8, 4) is 44.5 Å². The number of fused-ring (bicyclic) bond motifs is 6. The van der Waals surface area contributed by atoms with E-state index in [1.54, 1.807) is 0 Å². The fraction of sp³-hybridized carbons (Fsp3) is 0. The first-order chi connectivity index (χ1) is 23.8.